The highest BCUT2D eigenvalue weighted by Crippen LogP contribution is 2.23. The molecule has 0 saturated heterocycles. The van der Waals surface area contributed by atoms with Crippen LogP contribution in [-0.4, -0.2) is 9.91 Å². The molecule has 2 rings (SSSR count). The summed E-state index contributed by atoms with van der Waals surface area (Å²) in [5.74, 6) is 0. The smallest absolute Gasteiger partial charge is 0.292 e. The monoisotopic (exact) mass is 307 g/mol. The maximum Gasteiger partial charge on any atom is 0.292 e. The third-order valence-corrected chi connectivity index (χ3v) is 2.82. The van der Waals surface area contributed by atoms with Crippen LogP contribution in [0.15, 0.2) is 47.1 Å². The zero-order chi connectivity index (χ0) is 13.0. The molecule has 2 aromatic rings. The average molecular weight is 308 g/mol. The topological polar surface area (TPSA) is 68.1 Å². The molecule has 1 aromatic heterocycles. The summed E-state index contributed by atoms with van der Waals surface area (Å²) in [7, 11) is 0. The molecule has 0 fully saturated rings. The number of hydrogen-bond acceptors (Lipinski definition) is 4. The van der Waals surface area contributed by atoms with E-state index in [1.807, 2.05) is 12.1 Å². The van der Waals surface area contributed by atoms with Crippen LogP contribution >= 0.6 is 15.9 Å². The van der Waals surface area contributed by atoms with E-state index >= 15 is 0 Å². The lowest BCUT2D eigenvalue weighted by molar-refractivity contribution is -0.384. The summed E-state index contributed by atoms with van der Waals surface area (Å²) in [5, 5.41) is 13.8. The lowest BCUT2D eigenvalue weighted by atomic mass is 10.2. The van der Waals surface area contributed by atoms with E-state index in [-0.39, 0.29) is 5.69 Å². The SMILES string of the molecule is O=[N+]([O-])c1ccccc1NCc1ccc(Br)cn1. The Bertz CT molecular complexity index is 558. The van der Waals surface area contributed by atoms with Crippen LogP contribution in [0.1, 0.15) is 5.69 Å². The van der Waals surface area contributed by atoms with Gasteiger partial charge in [0.15, 0.2) is 0 Å². The van der Waals surface area contributed by atoms with Crippen molar-refractivity contribution in [3.63, 3.8) is 0 Å². The zero-order valence-electron chi connectivity index (χ0n) is 9.34. The number of nitrogens with zero attached hydrogens (tertiary/aromatic N) is 2. The van der Waals surface area contributed by atoms with Crippen LogP contribution in [0.25, 0.3) is 0 Å². The first-order valence-electron chi connectivity index (χ1n) is 5.24. The molecule has 0 atom stereocenters. The van der Waals surface area contributed by atoms with Crippen molar-refractivity contribution in [2.24, 2.45) is 0 Å². The molecule has 92 valence electrons. The Morgan fingerprint density at radius 2 is 2.06 bits per heavy atom. The van der Waals surface area contributed by atoms with E-state index in [1.54, 1.807) is 24.4 Å². The molecule has 1 heterocycles. The lowest BCUT2D eigenvalue weighted by Gasteiger charge is -2.06. The highest BCUT2D eigenvalue weighted by atomic mass is 79.9. The Labute approximate surface area is 112 Å². The third-order valence-electron chi connectivity index (χ3n) is 2.35. The largest absolute Gasteiger partial charge is 0.374 e. The number of aromatic nitrogens is 1. The van der Waals surface area contributed by atoms with E-state index in [4.69, 9.17) is 0 Å². The summed E-state index contributed by atoms with van der Waals surface area (Å²) < 4.78 is 0.900. The fourth-order valence-electron chi connectivity index (χ4n) is 1.48. The number of nitrogens with one attached hydrogen (secondary N) is 1. The molecule has 18 heavy (non-hydrogen) atoms. The van der Waals surface area contributed by atoms with Crippen molar-refractivity contribution in [2.45, 2.75) is 6.54 Å². The number of rotatable bonds is 4. The second kappa shape index (κ2) is 5.59. The van der Waals surface area contributed by atoms with Crippen molar-refractivity contribution in [2.75, 3.05) is 5.32 Å². The van der Waals surface area contributed by atoms with Crippen molar-refractivity contribution >= 4 is 27.3 Å². The molecular formula is C12H10BrN3O2. The number of hydrogen-bond donors (Lipinski definition) is 1. The summed E-state index contributed by atoms with van der Waals surface area (Å²) in [6.45, 7) is 0.443. The van der Waals surface area contributed by atoms with Gasteiger partial charge in [0.25, 0.3) is 5.69 Å². The van der Waals surface area contributed by atoms with Gasteiger partial charge in [-0.3, -0.25) is 15.1 Å². The van der Waals surface area contributed by atoms with Crippen LogP contribution in [0.2, 0.25) is 0 Å². The second-order valence-electron chi connectivity index (χ2n) is 3.60. The Kier molecular flexibility index (Phi) is 3.88. The van der Waals surface area contributed by atoms with Crippen LogP contribution in [0.4, 0.5) is 11.4 Å². The predicted octanol–water partition coefficient (Wildman–Crippen LogP) is 3.36. The fraction of sp³-hybridized carbons (Fsp3) is 0.0833. The standard InChI is InChI=1S/C12H10BrN3O2/c13-9-5-6-10(14-7-9)8-15-11-3-1-2-4-12(11)16(17)18/h1-7,15H,8H2. The van der Waals surface area contributed by atoms with E-state index in [9.17, 15) is 10.1 Å². The Balaban J connectivity index is 2.10. The summed E-state index contributed by atoms with van der Waals surface area (Å²) >= 11 is 3.30. The number of anilines is 1. The first-order valence-corrected chi connectivity index (χ1v) is 6.04. The van der Waals surface area contributed by atoms with Crippen LogP contribution in [0, 0.1) is 10.1 Å². The van der Waals surface area contributed by atoms with Crippen LogP contribution in [-0.2, 0) is 6.54 Å². The van der Waals surface area contributed by atoms with Crippen LogP contribution < -0.4 is 5.32 Å². The van der Waals surface area contributed by atoms with Crippen molar-refractivity contribution in [3.8, 4) is 0 Å². The van der Waals surface area contributed by atoms with Gasteiger partial charge in [0, 0.05) is 16.7 Å². The minimum atomic E-state index is -0.405. The summed E-state index contributed by atoms with van der Waals surface area (Å²) in [6.07, 6.45) is 1.69. The van der Waals surface area contributed by atoms with E-state index in [1.165, 1.54) is 6.07 Å². The van der Waals surface area contributed by atoms with Crippen molar-refractivity contribution in [1.82, 2.24) is 4.98 Å². The maximum atomic E-state index is 10.8. The Morgan fingerprint density at radius 1 is 1.28 bits per heavy atom. The van der Waals surface area contributed by atoms with Gasteiger partial charge in [-0.2, -0.15) is 0 Å². The molecule has 0 radical (unpaired) electrons. The zero-order valence-corrected chi connectivity index (χ0v) is 10.9. The minimum absolute atomic E-state index is 0.0645. The summed E-state index contributed by atoms with van der Waals surface area (Å²) in [4.78, 5) is 14.6. The molecule has 0 bridgehead atoms. The highest BCUT2D eigenvalue weighted by Gasteiger charge is 2.11. The molecule has 1 aromatic carbocycles. The number of para-hydroxylation sites is 2. The van der Waals surface area contributed by atoms with Gasteiger partial charge in [0.2, 0.25) is 0 Å². The van der Waals surface area contributed by atoms with E-state index in [0.29, 0.717) is 12.2 Å². The van der Waals surface area contributed by atoms with Crippen molar-refractivity contribution in [3.05, 3.63) is 62.9 Å². The first kappa shape index (κ1) is 12.5. The molecule has 0 saturated carbocycles. The molecule has 0 spiro atoms. The van der Waals surface area contributed by atoms with Crippen molar-refractivity contribution < 1.29 is 4.92 Å². The number of halogens is 1. The number of nitro benzene ring substituents is 1. The van der Waals surface area contributed by atoms with E-state index < -0.39 is 4.92 Å². The Hall–Kier alpha value is -1.95. The lowest BCUT2D eigenvalue weighted by Crippen LogP contribution is -2.03. The van der Waals surface area contributed by atoms with Gasteiger partial charge >= 0.3 is 0 Å². The second-order valence-corrected chi connectivity index (χ2v) is 4.51. The molecule has 0 aliphatic carbocycles. The number of pyridine rings is 1. The van der Waals surface area contributed by atoms with E-state index in [0.717, 1.165) is 10.2 Å². The van der Waals surface area contributed by atoms with Gasteiger partial charge in [-0.15, -0.1) is 0 Å². The quantitative estimate of drug-likeness (QED) is 0.694. The third kappa shape index (κ3) is 3.04. The highest BCUT2D eigenvalue weighted by molar-refractivity contribution is 9.10. The molecular weight excluding hydrogens is 298 g/mol. The number of nitro groups is 1. The average Bonchev–Trinajstić information content (AvgIpc) is 2.38. The molecule has 0 amide bonds. The fourth-order valence-corrected chi connectivity index (χ4v) is 1.71. The number of benzene rings is 1. The van der Waals surface area contributed by atoms with E-state index in [2.05, 4.69) is 26.2 Å². The van der Waals surface area contributed by atoms with Crippen LogP contribution in [0.5, 0.6) is 0 Å². The normalized spacial score (nSPS) is 10.1. The van der Waals surface area contributed by atoms with Crippen molar-refractivity contribution in [1.29, 1.82) is 0 Å². The van der Waals surface area contributed by atoms with Crippen LogP contribution in [0.3, 0.4) is 0 Å². The van der Waals surface area contributed by atoms with Gasteiger partial charge in [0.1, 0.15) is 5.69 Å². The first-order chi connectivity index (χ1) is 8.66. The molecule has 0 aliphatic rings. The predicted molar refractivity (Wildman–Crippen MR) is 72.4 cm³/mol. The van der Waals surface area contributed by atoms with Gasteiger partial charge in [-0.1, -0.05) is 12.1 Å². The molecule has 1 N–H and O–H groups in total. The summed E-state index contributed by atoms with van der Waals surface area (Å²) in [5.41, 5.74) is 1.37. The van der Waals surface area contributed by atoms with Gasteiger partial charge in [0.05, 0.1) is 17.2 Å². The van der Waals surface area contributed by atoms with Gasteiger partial charge in [-0.05, 0) is 34.1 Å². The van der Waals surface area contributed by atoms with Gasteiger partial charge < -0.3 is 5.32 Å². The molecule has 6 heteroatoms. The molecule has 0 unspecified atom stereocenters. The maximum absolute atomic E-state index is 10.8. The minimum Gasteiger partial charge on any atom is -0.374 e. The summed E-state index contributed by atoms with van der Waals surface area (Å²) in [6, 6.07) is 10.3. The Morgan fingerprint density at radius 3 is 2.72 bits per heavy atom. The molecule has 5 nitrogen and oxygen atoms in total. The molecule has 0 aliphatic heterocycles. The van der Waals surface area contributed by atoms with Gasteiger partial charge in [-0.25, -0.2) is 0 Å².